The minimum atomic E-state index is -0.515. The Hall–Kier alpha value is -2.57. The molecule has 2 aromatic heterocycles. The molecule has 4 rings (SSSR count). The molecule has 7 nitrogen and oxygen atoms in total. The van der Waals surface area contributed by atoms with Crippen LogP contribution in [0.5, 0.6) is 0 Å². The third-order valence-electron chi connectivity index (χ3n) is 5.90. The van der Waals surface area contributed by atoms with Crippen LogP contribution in [-0.4, -0.2) is 45.6 Å². The highest BCUT2D eigenvalue weighted by Gasteiger charge is 2.31. The number of rotatable bonds is 2. The number of primary amides is 1. The number of nitrogens with one attached hydrogen (secondary N) is 1. The molecule has 0 aromatic carbocycles. The zero-order valence-corrected chi connectivity index (χ0v) is 17.5. The van der Waals surface area contributed by atoms with Crippen molar-refractivity contribution in [3.05, 3.63) is 28.7 Å². The van der Waals surface area contributed by atoms with Crippen molar-refractivity contribution in [3.8, 4) is 0 Å². The number of likely N-dealkylation sites (tertiary alicyclic amines) is 1. The van der Waals surface area contributed by atoms with Gasteiger partial charge in [-0.3, -0.25) is 4.79 Å². The molecule has 1 aliphatic heterocycles. The normalized spacial score (nSPS) is 19.8. The molecular weight excluding hydrogens is 368 g/mol. The Labute approximate surface area is 171 Å². The van der Waals surface area contributed by atoms with Crippen LogP contribution in [0.15, 0.2) is 6.20 Å². The van der Waals surface area contributed by atoms with Crippen molar-refractivity contribution in [3.63, 3.8) is 0 Å². The van der Waals surface area contributed by atoms with Gasteiger partial charge in [0.1, 0.15) is 5.60 Å². The van der Waals surface area contributed by atoms with Gasteiger partial charge in [0.15, 0.2) is 5.69 Å². The second kappa shape index (κ2) is 7.35. The summed E-state index contributed by atoms with van der Waals surface area (Å²) in [5.41, 5.74) is 9.75. The highest BCUT2D eigenvalue weighted by molar-refractivity contribution is 6.05. The maximum absolute atomic E-state index is 12.6. The molecule has 2 aromatic rings. The Kier molecular flexibility index (Phi) is 5.00. The van der Waals surface area contributed by atoms with E-state index in [-0.39, 0.29) is 12.0 Å². The third-order valence-corrected chi connectivity index (χ3v) is 5.90. The number of aromatic nitrogens is 2. The van der Waals surface area contributed by atoms with E-state index in [4.69, 9.17) is 10.5 Å². The molecule has 0 spiro atoms. The molecule has 2 amide bonds. The number of nitrogens with two attached hydrogens (primary N) is 1. The number of ether oxygens (including phenoxy) is 1. The monoisotopic (exact) mass is 398 g/mol. The van der Waals surface area contributed by atoms with E-state index in [1.54, 1.807) is 11.1 Å². The number of aryl methyl sites for hydroxylation is 2. The predicted molar refractivity (Wildman–Crippen MR) is 111 cm³/mol. The van der Waals surface area contributed by atoms with Crippen LogP contribution in [0.3, 0.4) is 0 Å². The largest absolute Gasteiger partial charge is 0.444 e. The number of piperidine rings is 1. The van der Waals surface area contributed by atoms with E-state index in [9.17, 15) is 9.59 Å². The van der Waals surface area contributed by atoms with Gasteiger partial charge in [-0.1, -0.05) is 0 Å². The van der Waals surface area contributed by atoms with E-state index in [0.29, 0.717) is 18.8 Å². The van der Waals surface area contributed by atoms with Gasteiger partial charge in [-0.2, -0.15) is 0 Å². The van der Waals surface area contributed by atoms with E-state index in [0.717, 1.165) is 55.0 Å². The van der Waals surface area contributed by atoms with Gasteiger partial charge < -0.3 is 20.4 Å². The van der Waals surface area contributed by atoms with Crippen LogP contribution >= 0.6 is 0 Å². The molecule has 0 saturated carbocycles. The van der Waals surface area contributed by atoms with Gasteiger partial charge >= 0.3 is 6.09 Å². The number of aromatic amines is 1. The van der Waals surface area contributed by atoms with Gasteiger partial charge in [-0.25, -0.2) is 9.78 Å². The molecule has 156 valence electrons. The highest BCUT2D eigenvalue weighted by Crippen LogP contribution is 2.38. The van der Waals surface area contributed by atoms with Gasteiger partial charge in [0.25, 0.3) is 5.91 Å². The number of carbonyl (C=O) groups is 2. The van der Waals surface area contributed by atoms with Crippen LogP contribution in [-0.2, 0) is 17.6 Å². The van der Waals surface area contributed by atoms with Crippen molar-refractivity contribution in [2.75, 3.05) is 13.1 Å². The van der Waals surface area contributed by atoms with Gasteiger partial charge in [-0.05, 0) is 70.4 Å². The zero-order chi connectivity index (χ0) is 20.8. The molecule has 0 radical (unpaired) electrons. The first-order valence-electron chi connectivity index (χ1n) is 10.5. The molecule has 1 atom stereocenters. The first-order valence-corrected chi connectivity index (χ1v) is 10.5. The van der Waals surface area contributed by atoms with Crippen molar-refractivity contribution in [2.45, 2.75) is 70.8 Å². The van der Waals surface area contributed by atoms with E-state index in [1.807, 2.05) is 20.8 Å². The smallest absolute Gasteiger partial charge is 0.410 e. The lowest BCUT2D eigenvalue weighted by molar-refractivity contribution is 0.0198. The Morgan fingerprint density at radius 3 is 2.72 bits per heavy atom. The molecule has 2 aliphatic rings. The van der Waals surface area contributed by atoms with E-state index in [1.165, 1.54) is 11.3 Å². The highest BCUT2D eigenvalue weighted by atomic mass is 16.6. The number of fused-ring (bicyclic) bond motifs is 3. The lowest BCUT2D eigenvalue weighted by Gasteiger charge is -2.34. The van der Waals surface area contributed by atoms with E-state index >= 15 is 0 Å². The molecule has 1 aliphatic carbocycles. The average molecular weight is 399 g/mol. The van der Waals surface area contributed by atoms with Crippen LogP contribution in [0, 0.1) is 0 Å². The number of amides is 2. The van der Waals surface area contributed by atoms with Crippen LogP contribution in [0.25, 0.3) is 10.9 Å². The molecule has 1 fully saturated rings. The molecule has 0 bridgehead atoms. The fraction of sp³-hybridized carbons (Fsp3) is 0.591. The topological polar surface area (TPSA) is 101 Å². The maximum Gasteiger partial charge on any atom is 0.410 e. The van der Waals surface area contributed by atoms with Gasteiger partial charge in [0, 0.05) is 36.3 Å². The minimum Gasteiger partial charge on any atom is -0.444 e. The Bertz CT molecular complexity index is 957. The SMILES string of the molecule is CC(C)(C)OC(=O)N1CCCC(c2cnc(C(N)=O)c3[nH]c4c(c23)CCCC4)C1. The second-order valence-electron chi connectivity index (χ2n) is 9.23. The molecule has 1 saturated heterocycles. The van der Waals surface area contributed by atoms with E-state index in [2.05, 4.69) is 9.97 Å². The van der Waals surface area contributed by atoms with Crippen LogP contribution in [0.1, 0.15) is 79.7 Å². The number of hydrogen-bond acceptors (Lipinski definition) is 4. The fourth-order valence-electron chi connectivity index (χ4n) is 4.66. The number of carbonyl (C=O) groups excluding carboxylic acids is 2. The predicted octanol–water partition coefficient (Wildman–Crippen LogP) is 3.66. The van der Waals surface area contributed by atoms with E-state index < -0.39 is 11.5 Å². The molecule has 3 heterocycles. The van der Waals surface area contributed by atoms with Crippen molar-refractivity contribution >= 4 is 22.9 Å². The minimum absolute atomic E-state index is 0.162. The number of H-pyrrole nitrogens is 1. The van der Waals surface area contributed by atoms with Crippen LogP contribution < -0.4 is 5.73 Å². The number of hydrogen-bond donors (Lipinski definition) is 2. The number of pyridine rings is 1. The van der Waals surface area contributed by atoms with Crippen molar-refractivity contribution < 1.29 is 14.3 Å². The summed E-state index contributed by atoms with van der Waals surface area (Å²) < 4.78 is 5.58. The summed E-state index contributed by atoms with van der Waals surface area (Å²) in [6.07, 6.45) is 7.68. The first-order chi connectivity index (χ1) is 13.7. The standard InChI is InChI=1S/C22H30N4O3/c1-22(2,3)29-21(28)26-10-6-7-13(12-26)15-11-24-19(20(23)27)18-17(15)14-8-4-5-9-16(14)25-18/h11,13,25H,4-10,12H2,1-3H3,(H2,23,27). The molecular formula is C22H30N4O3. The quantitative estimate of drug-likeness (QED) is 0.806. The zero-order valence-electron chi connectivity index (χ0n) is 17.5. The van der Waals surface area contributed by atoms with Crippen LogP contribution in [0.4, 0.5) is 4.79 Å². The summed E-state index contributed by atoms with van der Waals surface area (Å²) >= 11 is 0. The Balaban J connectivity index is 1.72. The molecule has 3 N–H and O–H groups in total. The summed E-state index contributed by atoms with van der Waals surface area (Å²) in [5.74, 6) is -0.353. The summed E-state index contributed by atoms with van der Waals surface area (Å²) in [7, 11) is 0. The van der Waals surface area contributed by atoms with Gasteiger partial charge in [-0.15, -0.1) is 0 Å². The van der Waals surface area contributed by atoms with Gasteiger partial charge in [0.05, 0.1) is 5.52 Å². The summed E-state index contributed by atoms with van der Waals surface area (Å²) in [6, 6.07) is 0. The van der Waals surface area contributed by atoms with Gasteiger partial charge in [0.2, 0.25) is 0 Å². The Morgan fingerprint density at radius 2 is 2.00 bits per heavy atom. The fourth-order valence-corrected chi connectivity index (χ4v) is 4.66. The first kappa shape index (κ1) is 19.7. The van der Waals surface area contributed by atoms with Crippen molar-refractivity contribution in [2.24, 2.45) is 5.73 Å². The maximum atomic E-state index is 12.6. The second-order valence-corrected chi connectivity index (χ2v) is 9.23. The Morgan fingerprint density at radius 1 is 1.24 bits per heavy atom. The summed E-state index contributed by atoms with van der Waals surface area (Å²) in [6.45, 7) is 6.95. The lowest BCUT2D eigenvalue weighted by atomic mass is 9.86. The summed E-state index contributed by atoms with van der Waals surface area (Å²) in [4.78, 5) is 34.2. The lowest BCUT2D eigenvalue weighted by Crippen LogP contribution is -2.42. The average Bonchev–Trinajstić information content (AvgIpc) is 3.05. The molecule has 7 heteroatoms. The summed E-state index contributed by atoms with van der Waals surface area (Å²) in [5, 5.41) is 1.10. The molecule has 29 heavy (non-hydrogen) atoms. The van der Waals surface area contributed by atoms with Crippen molar-refractivity contribution in [1.82, 2.24) is 14.9 Å². The van der Waals surface area contributed by atoms with Crippen molar-refractivity contribution in [1.29, 1.82) is 0 Å². The molecule has 1 unspecified atom stereocenters. The third kappa shape index (κ3) is 3.82. The van der Waals surface area contributed by atoms with Crippen LogP contribution in [0.2, 0.25) is 0 Å². The number of nitrogens with zero attached hydrogens (tertiary/aromatic N) is 2.